The molecule has 1 aliphatic carbocycles. The maximum atomic E-state index is 11.2. The second kappa shape index (κ2) is 8.03. The fourth-order valence-corrected chi connectivity index (χ4v) is 2.52. The Labute approximate surface area is 116 Å². The van der Waals surface area contributed by atoms with Crippen LogP contribution in [-0.2, 0) is 14.4 Å². The van der Waals surface area contributed by atoms with Gasteiger partial charge in [-0.1, -0.05) is 26.2 Å². The van der Waals surface area contributed by atoms with E-state index in [1.54, 1.807) is 0 Å². The van der Waals surface area contributed by atoms with Gasteiger partial charge < -0.3 is 1.43 Å². The SMILES string of the molecule is CCCS(=O)(=O)ONC1CCCCC1.[H-].[Na+]. The summed E-state index contributed by atoms with van der Waals surface area (Å²) in [6.45, 7) is 1.82. The molecule has 1 saturated carbocycles. The fourth-order valence-electron chi connectivity index (χ4n) is 1.65. The van der Waals surface area contributed by atoms with Crippen LogP contribution in [0.25, 0.3) is 0 Å². The van der Waals surface area contributed by atoms with E-state index in [9.17, 15) is 8.42 Å². The maximum absolute atomic E-state index is 11.2. The number of rotatable bonds is 5. The summed E-state index contributed by atoms with van der Waals surface area (Å²) in [6.07, 6.45) is 6.20. The van der Waals surface area contributed by atoms with E-state index in [0.717, 1.165) is 25.7 Å². The number of hydroxylamine groups is 1. The van der Waals surface area contributed by atoms with Gasteiger partial charge in [-0.2, -0.15) is 18.2 Å². The molecule has 1 N–H and O–H groups in total. The minimum Gasteiger partial charge on any atom is -1.00 e. The standard InChI is InChI=1S/C9H19NO3S.Na.H/c1-2-8-14(11,12)13-10-9-6-4-3-5-7-9;;/h9-10H,2-8H2,1H3;;/q;+1;-1. The van der Waals surface area contributed by atoms with Crippen molar-refractivity contribution in [3.05, 3.63) is 0 Å². The molecule has 0 aromatic heterocycles. The maximum Gasteiger partial charge on any atom is 1.00 e. The Morgan fingerprint density at radius 3 is 2.47 bits per heavy atom. The molecule has 1 aliphatic rings. The fraction of sp³-hybridized carbons (Fsp3) is 1.00. The van der Waals surface area contributed by atoms with Gasteiger partial charge in [0.05, 0.1) is 5.75 Å². The molecule has 0 unspecified atom stereocenters. The van der Waals surface area contributed by atoms with Gasteiger partial charge in [-0.15, -0.1) is 0 Å². The summed E-state index contributed by atoms with van der Waals surface area (Å²) in [5.41, 5.74) is 2.66. The molecule has 0 saturated heterocycles. The summed E-state index contributed by atoms with van der Waals surface area (Å²) in [7, 11) is -3.34. The molecular formula is C9H20NNaO3S. The van der Waals surface area contributed by atoms with Crippen molar-refractivity contribution < 1.29 is 43.7 Å². The van der Waals surface area contributed by atoms with Crippen molar-refractivity contribution in [3.8, 4) is 0 Å². The van der Waals surface area contributed by atoms with Crippen molar-refractivity contribution in [3.63, 3.8) is 0 Å². The molecule has 86 valence electrons. The van der Waals surface area contributed by atoms with Gasteiger partial charge in [-0.05, 0) is 19.3 Å². The van der Waals surface area contributed by atoms with E-state index >= 15 is 0 Å². The van der Waals surface area contributed by atoms with Gasteiger partial charge in [0.1, 0.15) is 0 Å². The first-order valence-corrected chi connectivity index (χ1v) is 6.88. The van der Waals surface area contributed by atoms with Gasteiger partial charge >= 0.3 is 29.6 Å². The summed E-state index contributed by atoms with van der Waals surface area (Å²) >= 11 is 0. The number of hydrogen-bond donors (Lipinski definition) is 1. The molecule has 0 heterocycles. The molecule has 0 aromatic rings. The van der Waals surface area contributed by atoms with Gasteiger partial charge in [0, 0.05) is 6.04 Å². The van der Waals surface area contributed by atoms with Crippen molar-refractivity contribution in [1.29, 1.82) is 0 Å². The average molecular weight is 245 g/mol. The minimum absolute atomic E-state index is 0. The first kappa shape index (κ1) is 15.9. The summed E-state index contributed by atoms with van der Waals surface area (Å²) in [6, 6.07) is 0.218. The van der Waals surface area contributed by atoms with E-state index in [0.29, 0.717) is 6.42 Å². The normalized spacial score (nSPS) is 18.5. The molecule has 0 aliphatic heterocycles. The van der Waals surface area contributed by atoms with Crippen LogP contribution in [0, 0.1) is 0 Å². The molecule has 4 nitrogen and oxygen atoms in total. The predicted molar refractivity (Wildman–Crippen MR) is 56.3 cm³/mol. The molecule has 0 atom stereocenters. The van der Waals surface area contributed by atoms with Crippen LogP contribution in [0.4, 0.5) is 0 Å². The van der Waals surface area contributed by atoms with Crippen LogP contribution in [0.15, 0.2) is 0 Å². The van der Waals surface area contributed by atoms with Gasteiger partial charge in [0.2, 0.25) is 0 Å². The third-order valence-corrected chi connectivity index (χ3v) is 3.66. The van der Waals surface area contributed by atoms with Crippen LogP contribution >= 0.6 is 0 Å². The van der Waals surface area contributed by atoms with Crippen LogP contribution in [-0.4, -0.2) is 20.2 Å². The summed E-state index contributed by atoms with van der Waals surface area (Å²) in [5, 5.41) is 0. The number of nitrogens with one attached hydrogen (secondary N) is 1. The number of hydrogen-bond acceptors (Lipinski definition) is 4. The van der Waals surface area contributed by atoms with Crippen molar-refractivity contribution in [2.24, 2.45) is 0 Å². The van der Waals surface area contributed by atoms with E-state index in [1.165, 1.54) is 6.42 Å². The van der Waals surface area contributed by atoms with Crippen molar-refractivity contribution in [1.82, 2.24) is 5.48 Å². The summed E-state index contributed by atoms with van der Waals surface area (Å²) < 4.78 is 27.1. The van der Waals surface area contributed by atoms with Crippen LogP contribution in [0.2, 0.25) is 0 Å². The van der Waals surface area contributed by atoms with E-state index in [4.69, 9.17) is 4.28 Å². The quantitative estimate of drug-likeness (QED) is 0.483. The van der Waals surface area contributed by atoms with Gasteiger partial charge in [0.25, 0.3) is 10.1 Å². The second-order valence-electron chi connectivity index (χ2n) is 3.80. The molecule has 1 rings (SSSR count). The van der Waals surface area contributed by atoms with Crippen LogP contribution in [0.1, 0.15) is 46.9 Å². The Bertz CT molecular complexity index is 255. The first-order chi connectivity index (χ1) is 6.64. The van der Waals surface area contributed by atoms with Gasteiger partial charge in [-0.25, -0.2) is 0 Å². The topological polar surface area (TPSA) is 55.4 Å². The Kier molecular flexibility index (Phi) is 8.50. The van der Waals surface area contributed by atoms with E-state index < -0.39 is 10.1 Å². The summed E-state index contributed by atoms with van der Waals surface area (Å²) in [5.74, 6) is 0.0900. The van der Waals surface area contributed by atoms with Crippen molar-refractivity contribution in [2.75, 3.05) is 5.75 Å². The minimum atomic E-state index is -3.34. The molecule has 15 heavy (non-hydrogen) atoms. The molecule has 0 aromatic carbocycles. The molecule has 0 radical (unpaired) electrons. The van der Waals surface area contributed by atoms with E-state index in [1.807, 2.05) is 6.92 Å². The second-order valence-corrected chi connectivity index (χ2v) is 5.49. The van der Waals surface area contributed by atoms with E-state index in [-0.39, 0.29) is 42.8 Å². The molecule has 1 fully saturated rings. The Morgan fingerprint density at radius 2 is 1.93 bits per heavy atom. The Balaban J connectivity index is 0. The van der Waals surface area contributed by atoms with Crippen molar-refractivity contribution in [2.45, 2.75) is 51.5 Å². The van der Waals surface area contributed by atoms with Crippen LogP contribution < -0.4 is 35.0 Å². The molecule has 6 heteroatoms. The van der Waals surface area contributed by atoms with E-state index in [2.05, 4.69) is 5.48 Å². The Morgan fingerprint density at radius 1 is 1.33 bits per heavy atom. The average Bonchev–Trinajstić information content (AvgIpc) is 2.17. The smallest absolute Gasteiger partial charge is 1.00 e. The first-order valence-electron chi connectivity index (χ1n) is 5.31. The zero-order valence-corrected chi connectivity index (χ0v) is 12.5. The zero-order valence-electron chi connectivity index (χ0n) is 10.7. The third-order valence-electron chi connectivity index (χ3n) is 2.40. The molecule has 0 amide bonds. The van der Waals surface area contributed by atoms with Crippen LogP contribution in [0.5, 0.6) is 0 Å². The zero-order chi connectivity index (χ0) is 10.4. The Hall–Kier alpha value is 0.870. The van der Waals surface area contributed by atoms with Crippen molar-refractivity contribution >= 4 is 10.1 Å². The molecule has 0 bridgehead atoms. The monoisotopic (exact) mass is 245 g/mol. The third kappa shape index (κ3) is 6.92. The van der Waals surface area contributed by atoms with Gasteiger partial charge in [0.15, 0.2) is 0 Å². The largest absolute Gasteiger partial charge is 1.00 e. The van der Waals surface area contributed by atoms with Gasteiger partial charge in [-0.3, -0.25) is 0 Å². The molecular weight excluding hydrogens is 225 g/mol. The van der Waals surface area contributed by atoms with Crippen LogP contribution in [0.3, 0.4) is 0 Å². The molecule has 0 spiro atoms. The predicted octanol–water partition coefficient (Wildman–Crippen LogP) is -1.30. The summed E-state index contributed by atoms with van der Waals surface area (Å²) in [4.78, 5) is 0.